The normalized spacial score (nSPS) is 38.6. The van der Waals surface area contributed by atoms with Gasteiger partial charge < -0.3 is 19.3 Å². The highest BCUT2D eigenvalue weighted by molar-refractivity contribution is 6.17. The largest absolute Gasteiger partial charge is 0.508 e. The lowest BCUT2D eigenvalue weighted by Gasteiger charge is -2.56. The molecule has 0 saturated heterocycles. The molecule has 1 N–H and O–H groups in total. The number of ketones is 1. The van der Waals surface area contributed by atoms with Gasteiger partial charge in [0.25, 0.3) is 0 Å². The van der Waals surface area contributed by atoms with Gasteiger partial charge in [-0.15, -0.1) is 0 Å². The monoisotopic (exact) mass is 466 g/mol. The van der Waals surface area contributed by atoms with Gasteiger partial charge in [-0.1, -0.05) is 37.1 Å². The second-order valence-corrected chi connectivity index (χ2v) is 10.2. The second kappa shape index (κ2) is 8.82. The van der Waals surface area contributed by atoms with E-state index in [0.717, 1.165) is 38.5 Å². The van der Waals surface area contributed by atoms with Crippen molar-refractivity contribution in [3.8, 4) is 0 Å². The van der Waals surface area contributed by atoms with Gasteiger partial charge in [0, 0.05) is 10.8 Å². The first-order chi connectivity index (χ1) is 15.2. The van der Waals surface area contributed by atoms with Crippen LogP contribution in [-0.4, -0.2) is 47.9 Å². The van der Waals surface area contributed by atoms with Crippen molar-refractivity contribution in [1.82, 2.24) is 0 Å². The Morgan fingerprint density at radius 2 is 1.97 bits per heavy atom. The van der Waals surface area contributed by atoms with E-state index in [1.54, 1.807) is 6.08 Å². The second-order valence-electron chi connectivity index (χ2n) is 9.98. The number of carbonyl (C=O) groups is 3. The fraction of sp³-hybridized carbons (Fsp3) is 0.708. The van der Waals surface area contributed by atoms with Gasteiger partial charge in [0.05, 0.1) is 0 Å². The van der Waals surface area contributed by atoms with Gasteiger partial charge in [-0.25, -0.2) is 9.59 Å². The number of ether oxygens (including phenoxy) is 3. The van der Waals surface area contributed by atoms with E-state index in [-0.39, 0.29) is 28.8 Å². The van der Waals surface area contributed by atoms with Crippen LogP contribution < -0.4 is 0 Å². The van der Waals surface area contributed by atoms with Crippen LogP contribution in [-0.2, 0) is 23.8 Å². The Labute approximate surface area is 193 Å². The van der Waals surface area contributed by atoms with Gasteiger partial charge in [0.1, 0.15) is 12.7 Å². The molecule has 176 valence electrons. The van der Waals surface area contributed by atoms with Crippen LogP contribution in [0.3, 0.4) is 0 Å². The summed E-state index contributed by atoms with van der Waals surface area (Å²) in [7, 11) is 0. The number of alkyl halides is 1. The third-order valence-corrected chi connectivity index (χ3v) is 8.65. The highest BCUT2D eigenvalue weighted by Crippen LogP contribution is 2.64. The standard InChI is InChI=1S/C24H31ClO7/c1-23-9-7-15(26)11-14(23)3-4-16-17-5-6-20(24(17,2)10-8-18(16)23)32-22(29)30-12-19(27)21(28)31-13-25/h7,9,11,16-20,27H,3-6,8,10,12-13H2,1-2H3/t16-,17-,18-,19?,20+,23-,24-/m0/s1. The highest BCUT2D eigenvalue weighted by atomic mass is 35.5. The van der Waals surface area contributed by atoms with Crippen LogP contribution in [0, 0.1) is 28.6 Å². The Hall–Kier alpha value is -1.86. The van der Waals surface area contributed by atoms with Gasteiger partial charge in [-0.05, 0) is 68.4 Å². The maximum absolute atomic E-state index is 12.3. The predicted molar refractivity (Wildman–Crippen MR) is 116 cm³/mol. The number of rotatable bonds is 5. The quantitative estimate of drug-likeness (QED) is 0.484. The van der Waals surface area contributed by atoms with E-state index in [0.29, 0.717) is 17.8 Å². The molecule has 0 amide bonds. The highest BCUT2D eigenvalue weighted by Gasteiger charge is 2.59. The van der Waals surface area contributed by atoms with Crippen LogP contribution in [0.4, 0.5) is 4.79 Å². The third-order valence-electron chi connectivity index (χ3n) is 8.54. The Balaban J connectivity index is 1.39. The molecule has 7 nitrogen and oxygen atoms in total. The number of hydrogen-bond acceptors (Lipinski definition) is 7. The van der Waals surface area contributed by atoms with Crippen LogP contribution in [0.5, 0.6) is 0 Å². The number of aliphatic hydroxyl groups excluding tert-OH is 1. The molecule has 3 fully saturated rings. The minimum absolute atomic E-state index is 0.0657. The van der Waals surface area contributed by atoms with Crippen LogP contribution in [0.25, 0.3) is 0 Å². The van der Waals surface area contributed by atoms with E-state index in [1.165, 1.54) is 5.57 Å². The van der Waals surface area contributed by atoms with Crippen molar-refractivity contribution in [2.45, 2.75) is 64.6 Å². The molecule has 0 radical (unpaired) electrons. The smallest absolute Gasteiger partial charge is 0.447 e. The average Bonchev–Trinajstić information content (AvgIpc) is 3.09. The maximum atomic E-state index is 12.3. The fourth-order valence-electron chi connectivity index (χ4n) is 6.86. The van der Waals surface area contributed by atoms with Gasteiger partial charge in [0.15, 0.2) is 18.0 Å². The molecule has 0 aliphatic heterocycles. The molecule has 0 aromatic rings. The summed E-state index contributed by atoms with van der Waals surface area (Å²) in [4.78, 5) is 35.6. The summed E-state index contributed by atoms with van der Waals surface area (Å²) in [6.07, 6.45) is 8.62. The van der Waals surface area contributed by atoms with Gasteiger partial charge >= 0.3 is 12.1 Å². The number of halogens is 1. The van der Waals surface area contributed by atoms with Gasteiger partial charge in [-0.3, -0.25) is 4.79 Å². The van der Waals surface area contributed by atoms with E-state index in [2.05, 4.69) is 24.7 Å². The van der Waals surface area contributed by atoms with E-state index in [1.807, 2.05) is 6.08 Å². The fourth-order valence-corrected chi connectivity index (χ4v) is 6.97. The first-order valence-electron chi connectivity index (χ1n) is 11.4. The van der Waals surface area contributed by atoms with Crippen molar-refractivity contribution in [3.63, 3.8) is 0 Å². The van der Waals surface area contributed by atoms with Gasteiger partial charge in [-0.2, -0.15) is 0 Å². The van der Waals surface area contributed by atoms with Crippen LogP contribution >= 0.6 is 11.6 Å². The van der Waals surface area contributed by atoms with Crippen LogP contribution in [0.2, 0.25) is 0 Å². The van der Waals surface area contributed by atoms with E-state index in [4.69, 9.17) is 21.1 Å². The molecule has 32 heavy (non-hydrogen) atoms. The van der Waals surface area contributed by atoms with Crippen molar-refractivity contribution in [1.29, 1.82) is 0 Å². The lowest BCUT2D eigenvalue weighted by molar-refractivity contribution is -0.154. The number of esters is 1. The van der Waals surface area contributed by atoms with Crippen molar-refractivity contribution in [3.05, 3.63) is 23.8 Å². The lowest BCUT2D eigenvalue weighted by Crippen LogP contribution is -2.51. The van der Waals surface area contributed by atoms with Crippen LogP contribution in [0.15, 0.2) is 23.8 Å². The number of allylic oxidation sites excluding steroid dienone is 4. The summed E-state index contributed by atoms with van der Waals surface area (Å²) in [5.41, 5.74) is 1.06. The Kier molecular flexibility index (Phi) is 6.43. The molecule has 8 heteroatoms. The summed E-state index contributed by atoms with van der Waals surface area (Å²) in [6.45, 7) is 3.94. The summed E-state index contributed by atoms with van der Waals surface area (Å²) in [5, 5.41) is 9.66. The molecule has 0 bridgehead atoms. The van der Waals surface area contributed by atoms with Crippen molar-refractivity contribution in [2.75, 3.05) is 12.7 Å². The van der Waals surface area contributed by atoms with Crippen molar-refractivity contribution < 1.29 is 33.7 Å². The first-order valence-corrected chi connectivity index (χ1v) is 11.9. The minimum atomic E-state index is -1.59. The summed E-state index contributed by atoms with van der Waals surface area (Å²) >= 11 is 5.29. The zero-order chi connectivity index (χ0) is 23.1. The molecule has 0 aromatic carbocycles. The maximum Gasteiger partial charge on any atom is 0.508 e. The van der Waals surface area contributed by atoms with E-state index in [9.17, 15) is 19.5 Å². The zero-order valence-electron chi connectivity index (χ0n) is 18.6. The van der Waals surface area contributed by atoms with E-state index >= 15 is 0 Å². The van der Waals surface area contributed by atoms with Crippen LogP contribution in [0.1, 0.15) is 52.4 Å². The van der Waals surface area contributed by atoms with Gasteiger partial charge in [0.2, 0.25) is 0 Å². The Bertz CT molecular complexity index is 851. The minimum Gasteiger partial charge on any atom is -0.447 e. The summed E-state index contributed by atoms with van der Waals surface area (Å²) in [6, 6.07) is -0.382. The first kappa shape index (κ1) is 23.3. The molecular formula is C24H31ClO7. The molecule has 4 aliphatic carbocycles. The van der Waals surface area contributed by atoms with Crippen molar-refractivity contribution >= 4 is 29.5 Å². The predicted octanol–water partition coefficient (Wildman–Crippen LogP) is 3.92. The lowest BCUT2D eigenvalue weighted by atomic mass is 9.48. The zero-order valence-corrected chi connectivity index (χ0v) is 19.3. The Morgan fingerprint density at radius 1 is 1.19 bits per heavy atom. The molecule has 1 unspecified atom stereocenters. The number of hydrogen-bond donors (Lipinski definition) is 1. The summed E-state index contributed by atoms with van der Waals surface area (Å²) < 4.78 is 15.1. The number of carbonyl (C=O) groups excluding carboxylic acids is 3. The molecule has 0 aromatic heterocycles. The number of fused-ring (bicyclic) bond motifs is 5. The van der Waals surface area contributed by atoms with Crippen molar-refractivity contribution in [2.24, 2.45) is 28.6 Å². The third kappa shape index (κ3) is 3.98. The Morgan fingerprint density at radius 3 is 2.72 bits per heavy atom. The SMILES string of the molecule is C[C@]12CC[C@H]3[C@@H](CCC4=CC(=O)C=C[C@@]43C)[C@@H]1CC[C@H]2OC(=O)OCC(O)C(=O)OCCl. The summed E-state index contributed by atoms with van der Waals surface area (Å²) in [5.74, 6) is 0.583. The molecule has 0 spiro atoms. The van der Waals surface area contributed by atoms with E-state index < -0.39 is 24.8 Å². The molecule has 3 saturated carbocycles. The molecular weight excluding hydrogens is 436 g/mol. The molecule has 4 aliphatic rings. The average molecular weight is 467 g/mol. The topological polar surface area (TPSA) is 99.1 Å². The number of aliphatic hydroxyl groups is 1. The molecule has 0 heterocycles. The molecule has 7 atom stereocenters. The molecule has 4 rings (SSSR count).